The van der Waals surface area contributed by atoms with Crippen molar-refractivity contribution in [2.24, 2.45) is 7.05 Å². The number of ketones is 1. The van der Waals surface area contributed by atoms with E-state index in [0.29, 0.717) is 22.7 Å². The average molecular weight is 269 g/mol. The van der Waals surface area contributed by atoms with Gasteiger partial charge in [-0.3, -0.25) is 4.79 Å². The summed E-state index contributed by atoms with van der Waals surface area (Å²) in [5.74, 6) is 1.01. The van der Waals surface area contributed by atoms with Gasteiger partial charge in [-0.05, 0) is 17.9 Å². The summed E-state index contributed by atoms with van der Waals surface area (Å²) in [6.07, 6.45) is 4.71. The van der Waals surface area contributed by atoms with E-state index in [2.05, 4.69) is 4.98 Å². The minimum Gasteiger partial charge on any atom is -0.338 e. The molecule has 0 aromatic carbocycles. The van der Waals surface area contributed by atoms with Gasteiger partial charge in [0.15, 0.2) is 5.78 Å². The van der Waals surface area contributed by atoms with Crippen molar-refractivity contribution < 1.29 is 4.79 Å². The summed E-state index contributed by atoms with van der Waals surface area (Å²) in [5.41, 5.74) is 0.969. The fraction of sp³-hybridized carbons (Fsp3) is 0.333. The van der Waals surface area contributed by atoms with Gasteiger partial charge in [-0.2, -0.15) is 0 Å². The Labute approximate surface area is 109 Å². The molecule has 2 rings (SSSR count). The second-order valence-electron chi connectivity index (χ2n) is 3.94. The van der Waals surface area contributed by atoms with Gasteiger partial charge in [0, 0.05) is 32.3 Å². The molecule has 3 nitrogen and oxygen atoms in total. The zero-order valence-corrected chi connectivity index (χ0v) is 11.3. The normalized spacial score (nSPS) is 10.8. The van der Waals surface area contributed by atoms with Crippen molar-refractivity contribution >= 4 is 28.7 Å². The van der Waals surface area contributed by atoms with Gasteiger partial charge in [0.25, 0.3) is 0 Å². The number of halogens is 1. The molecule has 17 heavy (non-hydrogen) atoms. The molecule has 0 N–H and O–H groups in total. The van der Waals surface area contributed by atoms with Crippen molar-refractivity contribution in [2.45, 2.75) is 19.8 Å². The van der Waals surface area contributed by atoms with Crippen molar-refractivity contribution in [3.8, 4) is 0 Å². The number of imidazole rings is 1. The van der Waals surface area contributed by atoms with Crippen LogP contribution in [0.4, 0.5) is 0 Å². The fourth-order valence-corrected chi connectivity index (χ4v) is 2.86. The Bertz CT molecular complexity index is 544. The maximum atomic E-state index is 12.0. The van der Waals surface area contributed by atoms with Gasteiger partial charge in [-0.1, -0.05) is 11.6 Å². The lowest BCUT2D eigenvalue weighted by atomic mass is 10.1. The molecule has 90 valence electrons. The van der Waals surface area contributed by atoms with Crippen molar-refractivity contribution in [3.05, 3.63) is 39.1 Å². The predicted octanol–water partition coefficient (Wildman–Crippen LogP) is 3.26. The van der Waals surface area contributed by atoms with Gasteiger partial charge < -0.3 is 4.57 Å². The summed E-state index contributed by atoms with van der Waals surface area (Å²) in [6, 6.07) is 0. The Morgan fingerprint density at radius 3 is 2.88 bits per heavy atom. The van der Waals surface area contributed by atoms with E-state index < -0.39 is 0 Å². The number of hydrogen-bond donors (Lipinski definition) is 0. The van der Waals surface area contributed by atoms with Gasteiger partial charge in [-0.25, -0.2) is 4.98 Å². The van der Waals surface area contributed by atoms with Gasteiger partial charge >= 0.3 is 0 Å². The van der Waals surface area contributed by atoms with E-state index >= 15 is 0 Å². The number of aryl methyl sites for hydroxylation is 3. The Hall–Kier alpha value is -1.13. The third kappa shape index (κ3) is 2.58. The maximum absolute atomic E-state index is 12.0. The van der Waals surface area contributed by atoms with Crippen molar-refractivity contribution in [2.75, 3.05) is 0 Å². The lowest BCUT2D eigenvalue weighted by Gasteiger charge is -2.01. The summed E-state index contributed by atoms with van der Waals surface area (Å²) >= 11 is 7.48. The number of thiophene rings is 1. The number of carbonyl (C=O) groups excluding carboxylic acids is 1. The first-order valence-electron chi connectivity index (χ1n) is 5.32. The molecular weight excluding hydrogens is 256 g/mol. The molecule has 0 spiro atoms. The number of hydrogen-bond acceptors (Lipinski definition) is 3. The molecule has 0 amide bonds. The van der Waals surface area contributed by atoms with Crippen LogP contribution in [0.5, 0.6) is 0 Å². The summed E-state index contributed by atoms with van der Waals surface area (Å²) in [5, 5.41) is 2.51. The van der Waals surface area contributed by atoms with E-state index in [9.17, 15) is 4.79 Å². The highest BCUT2D eigenvalue weighted by Crippen LogP contribution is 2.28. The fourth-order valence-electron chi connectivity index (χ4n) is 1.59. The monoisotopic (exact) mass is 268 g/mol. The van der Waals surface area contributed by atoms with Crippen LogP contribution in [0.1, 0.15) is 27.5 Å². The van der Waals surface area contributed by atoms with Crippen molar-refractivity contribution in [1.29, 1.82) is 0 Å². The Morgan fingerprint density at radius 1 is 1.59 bits per heavy atom. The predicted molar refractivity (Wildman–Crippen MR) is 69.9 cm³/mol. The molecule has 0 bridgehead atoms. The first-order valence-corrected chi connectivity index (χ1v) is 6.58. The number of aromatic nitrogens is 2. The molecule has 0 unspecified atom stereocenters. The largest absolute Gasteiger partial charge is 0.338 e. The molecule has 2 aromatic rings. The third-order valence-electron chi connectivity index (χ3n) is 2.65. The van der Waals surface area contributed by atoms with Crippen LogP contribution >= 0.6 is 22.9 Å². The van der Waals surface area contributed by atoms with E-state index in [0.717, 1.165) is 11.4 Å². The number of rotatable bonds is 4. The second kappa shape index (κ2) is 5.02. The van der Waals surface area contributed by atoms with Crippen LogP contribution in [0.2, 0.25) is 5.02 Å². The number of carbonyl (C=O) groups is 1. The van der Waals surface area contributed by atoms with E-state index in [-0.39, 0.29) is 5.78 Å². The molecule has 0 radical (unpaired) electrons. The summed E-state index contributed by atoms with van der Waals surface area (Å²) in [7, 11) is 1.93. The Balaban J connectivity index is 2.03. The smallest absolute Gasteiger partial charge is 0.174 e. The first-order chi connectivity index (χ1) is 8.09. The van der Waals surface area contributed by atoms with E-state index in [1.807, 2.05) is 30.1 Å². The zero-order chi connectivity index (χ0) is 12.4. The molecular formula is C12H13ClN2OS. The molecule has 5 heteroatoms. The highest BCUT2D eigenvalue weighted by Gasteiger charge is 2.15. The highest BCUT2D eigenvalue weighted by molar-refractivity contribution is 7.13. The highest BCUT2D eigenvalue weighted by atomic mass is 35.5. The van der Waals surface area contributed by atoms with Crippen molar-refractivity contribution in [3.63, 3.8) is 0 Å². The average Bonchev–Trinajstić information content (AvgIpc) is 2.84. The molecule has 2 aromatic heterocycles. The molecule has 0 aliphatic rings. The zero-order valence-electron chi connectivity index (χ0n) is 9.74. The van der Waals surface area contributed by atoms with Crippen LogP contribution in [0.15, 0.2) is 17.8 Å². The van der Waals surface area contributed by atoms with Crippen LogP contribution in [0.3, 0.4) is 0 Å². The quantitative estimate of drug-likeness (QED) is 0.798. The molecule has 0 aliphatic heterocycles. The molecule has 0 aliphatic carbocycles. The van der Waals surface area contributed by atoms with Gasteiger partial charge in [-0.15, -0.1) is 11.3 Å². The Morgan fingerprint density at radius 2 is 2.35 bits per heavy atom. The molecule has 0 saturated carbocycles. The maximum Gasteiger partial charge on any atom is 0.174 e. The molecule has 0 atom stereocenters. The van der Waals surface area contributed by atoms with Gasteiger partial charge in [0.05, 0.1) is 9.90 Å². The SMILES string of the molecule is Cc1csc(C(=O)CCc2nccn2C)c1Cl. The first kappa shape index (κ1) is 12.3. The van der Waals surface area contributed by atoms with E-state index in [4.69, 9.17) is 11.6 Å². The standard InChI is InChI=1S/C12H13ClN2OS/c1-8-7-17-12(11(8)13)9(16)3-4-10-14-5-6-15(10)2/h5-7H,3-4H2,1-2H3. The molecule has 0 saturated heterocycles. The third-order valence-corrected chi connectivity index (χ3v) is 4.39. The van der Waals surface area contributed by atoms with Gasteiger partial charge in [0.1, 0.15) is 5.82 Å². The van der Waals surface area contributed by atoms with Crippen LogP contribution in [-0.2, 0) is 13.5 Å². The van der Waals surface area contributed by atoms with Crippen molar-refractivity contribution in [1.82, 2.24) is 9.55 Å². The van der Waals surface area contributed by atoms with Crippen LogP contribution in [-0.4, -0.2) is 15.3 Å². The number of nitrogens with zero attached hydrogens (tertiary/aromatic N) is 2. The topological polar surface area (TPSA) is 34.9 Å². The Kier molecular flexibility index (Phi) is 3.64. The minimum absolute atomic E-state index is 0.0936. The molecule has 0 fully saturated rings. The minimum atomic E-state index is 0.0936. The lowest BCUT2D eigenvalue weighted by Crippen LogP contribution is -2.03. The second-order valence-corrected chi connectivity index (χ2v) is 5.20. The summed E-state index contributed by atoms with van der Waals surface area (Å²) in [6.45, 7) is 1.91. The lowest BCUT2D eigenvalue weighted by molar-refractivity contribution is 0.0986. The van der Waals surface area contributed by atoms with E-state index in [1.165, 1.54) is 11.3 Å². The number of Topliss-reactive ketones (excluding diaryl/α,β-unsaturated/α-hetero) is 1. The van der Waals surface area contributed by atoms with E-state index in [1.54, 1.807) is 6.20 Å². The molecule has 2 heterocycles. The van der Waals surface area contributed by atoms with Gasteiger partial charge in [0.2, 0.25) is 0 Å². The summed E-state index contributed by atoms with van der Waals surface area (Å²) < 4.78 is 1.93. The van der Waals surface area contributed by atoms with Crippen LogP contribution in [0.25, 0.3) is 0 Å². The summed E-state index contributed by atoms with van der Waals surface area (Å²) in [4.78, 5) is 16.8. The van der Waals surface area contributed by atoms with Crippen LogP contribution in [0, 0.1) is 6.92 Å². The van der Waals surface area contributed by atoms with Crippen LogP contribution < -0.4 is 0 Å².